The van der Waals surface area contributed by atoms with Crippen molar-refractivity contribution in [3.05, 3.63) is 72.2 Å². The fourth-order valence-corrected chi connectivity index (χ4v) is 3.19. The summed E-state index contributed by atoms with van der Waals surface area (Å²) in [6.07, 6.45) is -4.49. The third-order valence-electron chi connectivity index (χ3n) is 4.85. The summed E-state index contributed by atoms with van der Waals surface area (Å²) in [4.78, 5) is 8.31. The van der Waals surface area contributed by atoms with E-state index in [1.54, 1.807) is 6.07 Å². The monoisotopic (exact) mass is 449 g/mol. The molecule has 11 heteroatoms. The molecule has 1 atom stereocenters. The molecule has 0 aliphatic heterocycles. The minimum Gasteiger partial charge on any atom is -0.362 e. The molecule has 0 saturated carbocycles. The normalized spacial score (nSPS) is 13.3. The van der Waals surface area contributed by atoms with Gasteiger partial charge in [-0.15, -0.1) is 0 Å². The Morgan fingerprint density at radius 1 is 0.969 bits per heavy atom. The molecule has 0 amide bonds. The quantitative estimate of drug-likeness (QED) is 0.401. The third kappa shape index (κ3) is 3.98. The molecule has 2 heterocycles. The van der Waals surface area contributed by atoms with Crippen LogP contribution in [0.3, 0.4) is 0 Å². The van der Waals surface area contributed by atoms with Crippen molar-refractivity contribution < 1.29 is 26.5 Å². The number of alkyl halides is 5. The molecule has 0 aliphatic carbocycles. The molecule has 3 N–H and O–H groups in total. The summed E-state index contributed by atoms with van der Waals surface area (Å²) < 4.78 is 70.3. The molecule has 0 saturated heterocycles. The van der Waals surface area contributed by atoms with Crippen LogP contribution in [0, 0.1) is 0 Å². The lowest BCUT2D eigenvalue weighted by Crippen LogP contribution is -2.34. The number of fused-ring (bicyclic) bond motifs is 1. The summed E-state index contributed by atoms with van der Waals surface area (Å²) in [5.41, 5.74) is 5.93. The van der Waals surface area contributed by atoms with Gasteiger partial charge in [-0.1, -0.05) is 41.6 Å². The Labute approximate surface area is 178 Å². The fourth-order valence-electron chi connectivity index (χ4n) is 3.19. The number of nitrogens with two attached hydrogens (primary N) is 1. The highest BCUT2D eigenvalue weighted by Crippen LogP contribution is 2.45. The summed E-state index contributed by atoms with van der Waals surface area (Å²) in [7, 11) is 0. The molecule has 2 aromatic heterocycles. The van der Waals surface area contributed by atoms with Crippen molar-refractivity contribution in [3.8, 4) is 11.3 Å². The fraction of sp³-hybridized carbons (Fsp3) is 0.190. The summed E-state index contributed by atoms with van der Waals surface area (Å²) >= 11 is 0. The summed E-state index contributed by atoms with van der Waals surface area (Å²) in [6.45, 7) is 0.295. The highest BCUT2D eigenvalue weighted by atomic mass is 19.4. The van der Waals surface area contributed by atoms with Crippen molar-refractivity contribution in [2.75, 3.05) is 11.9 Å². The number of anilines is 1. The van der Waals surface area contributed by atoms with E-state index < -0.39 is 23.2 Å². The first-order valence-electron chi connectivity index (χ1n) is 9.39. The maximum absolute atomic E-state index is 13.7. The lowest BCUT2D eigenvalue weighted by Gasteiger charge is -2.18. The first kappa shape index (κ1) is 21.6. The minimum atomic E-state index is -5.79. The first-order chi connectivity index (χ1) is 15.2. The second-order valence-electron chi connectivity index (χ2n) is 6.95. The van der Waals surface area contributed by atoms with Gasteiger partial charge in [0.05, 0.1) is 17.1 Å². The first-order valence-corrected chi connectivity index (χ1v) is 9.39. The van der Waals surface area contributed by atoms with Crippen molar-refractivity contribution in [3.63, 3.8) is 0 Å². The average Bonchev–Trinajstić information content (AvgIpc) is 3.21. The van der Waals surface area contributed by atoms with Crippen LogP contribution < -0.4 is 11.1 Å². The Kier molecular flexibility index (Phi) is 5.51. The second-order valence-corrected chi connectivity index (χ2v) is 6.95. The van der Waals surface area contributed by atoms with Crippen LogP contribution in [0.5, 0.6) is 0 Å². The number of rotatable bonds is 6. The Bertz CT molecular complexity index is 1230. The number of aromatic nitrogens is 3. The van der Waals surface area contributed by atoms with Crippen molar-refractivity contribution >= 4 is 16.8 Å². The number of nitrogens with one attached hydrogen (secondary N) is 1. The lowest BCUT2D eigenvalue weighted by atomic mass is 10.1. The van der Waals surface area contributed by atoms with Crippen LogP contribution in [0.2, 0.25) is 0 Å². The zero-order valence-corrected chi connectivity index (χ0v) is 16.3. The van der Waals surface area contributed by atoms with Crippen LogP contribution in [-0.4, -0.2) is 27.8 Å². The van der Waals surface area contributed by atoms with Gasteiger partial charge in [0.1, 0.15) is 12.1 Å². The van der Waals surface area contributed by atoms with Crippen LogP contribution in [0.4, 0.5) is 27.8 Å². The van der Waals surface area contributed by atoms with Crippen LogP contribution >= 0.6 is 0 Å². The van der Waals surface area contributed by atoms with E-state index in [9.17, 15) is 22.0 Å². The van der Waals surface area contributed by atoms with Gasteiger partial charge >= 0.3 is 12.1 Å². The van der Waals surface area contributed by atoms with E-state index >= 15 is 0 Å². The molecule has 2 aromatic carbocycles. The zero-order chi connectivity index (χ0) is 22.9. The number of benzene rings is 2. The average molecular weight is 449 g/mol. The standard InChI is InChI=1S/C21H16F5N5O/c22-20(23,21(24,25)26)19-14-7-6-13(8-17(14)32-31-19)15-9-18(29-11-28-15)30-16(10-27)12-4-2-1-3-5-12/h1-9,11,16H,10,27H2,(H,28,29,30)/t16-/m0/s1. The Hall–Kier alpha value is -3.60. The number of halogens is 5. The van der Waals surface area contributed by atoms with Gasteiger partial charge in [0.2, 0.25) is 0 Å². The smallest absolute Gasteiger partial charge is 0.362 e. The summed E-state index contributed by atoms with van der Waals surface area (Å²) in [5.74, 6) is -4.68. The maximum Gasteiger partial charge on any atom is 0.459 e. The topological polar surface area (TPSA) is 89.9 Å². The zero-order valence-electron chi connectivity index (χ0n) is 16.3. The predicted molar refractivity (Wildman–Crippen MR) is 107 cm³/mol. The Balaban J connectivity index is 1.64. The van der Waals surface area contributed by atoms with Gasteiger partial charge in [0.25, 0.3) is 0 Å². The number of hydrogen-bond acceptors (Lipinski definition) is 6. The van der Waals surface area contributed by atoms with Gasteiger partial charge < -0.3 is 15.6 Å². The molecule has 4 rings (SSSR count). The van der Waals surface area contributed by atoms with Gasteiger partial charge in [-0.05, 0) is 17.7 Å². The lowest BCUT2D eigenvalue weighted by molar-refractivity contribution is -0.290. The molecule has 0 aliphatic rings. The second kappa shape index (κ2) is 8.15. The molecule has 0 bridgehead atoms. The van der Waals surface area contributed by atoms with Crippen LogP contribution in [0.15, 0.2) is 65.4 Å². The van der Waals surface area contributed by atoms with E-state index in [1.165, 1.54) is 18.5 Å². The van der Waals surface area contributed by atoms with Gasteiger partial charge in [-0.25, -0.2) is 9.97 Å². The summed E-state index contributed by atoms with van der Waals surface area (Å²) in [5, 5.41) is 5.73. The Morgan fingerprint density at radius 3 is 2.41 bits per heavy atom. The van der Waals surface area contributed by atoms with Gasteiger partial charge in [0, 0.05) is 18.2 Å². The van der Waals surface area contributed by atoms with Crippen LogP contribution in [0.25, 0.3) is 22.2 Å². The highest BCUT2D eigenvalue weighted by molar-refractivity contribution is 5.85. The molecule has 0 unspecified atom stereocenters. The molecule has 32 heavy (non-hydrogen) atoms. The molecule has 0 fully saturated rings. The van der Waals surface area contributed by atoms with E-state index in [1.807, 2.05) is 30.3 Å². The number of nitrogens with zero attached hydrogens (tertiary/aromatic N) is 3. The maximum atomic E-state index is 13.7. The minimum absolute atomic E-state index is 0.220. The molecule has 0 spiro atoms. The largest absolute Gasteiger partial charge is 0.459 e. The van der Waals surface area contributed by atoms with E-state index in [4.69, 9.17) is 10.3 Å². The molecule has 6 nitrogen and oxygen atoms in total. The highest BCUT2D eigenvalue weighted by Gasteiger charge is 2.61. The van der Waals surface area contributed by atoms with Gasteiger partial charge in [0.15, 0.2) is 11.3 Å². The van der Waals surface area contributed by atoms with Gasteiger partial charge in [-0.2, -0.15) is 22.0 Å². The number of hydrogen-bond donors (Lipinski definition) is 2. The predicted octanol–water partition coefficient (Wildman–Crippen LogP) is 5.05. The molecule has 166 valence electrons. The molecule has 0 radical (unpaired) electrons. The van der Waals surface area contributed by atoms with Crippen LogP contribution in [0.1, 0.15) is 17.3 Å². The third-order valence-corrected chi connectivity index (χ3v) is 4.85. The van der Waals surface area contributed by atoms with Gasteiger partial charge in [-0.3, -0.25) is 0 Å². The van der Waals surface area contributed by atoms with Crippen LogP contribution in [-0.2, 0) is 5.92 Å². The van der Waals surface area contributed by atoms with E-state index in [2.05, 4.69) is 20.4 Å². The molecule has 4 aromatic rings. The Morgan fingerprint density at radius 2 is 1.72 bits per heavy atom. The molecular weight excluding hydrogens is 433 g/mol. The van der Waals surface area contributed by atoms with Crippen molar-refractivity contribution in [1.82, 2.24) is 15.1 Å². The van der Waals surface area contributed by atoms with E-state index in [0.29, 0.717) is 23.6 Å². The van der Waals surface area contributed by atoms with E-state index in [-0.39, 0.29) is 11.6 Å². The SMILES string of the molecule is NC[C@H](Nc1cc(-c2ccc3c(C(F)(F)C(F)(F)F)noc3c2)ncn1)c1ccccc1. The molecular formula is C21H16F5N5O. The van der Waals surface area contributed by atoms with Crippen molar-refractivity contribution in [2.24, 2.45) is 5.73 Å². The van der Waals surface area contributed by atoms with E-state index in [0.717, 1.165) is 11.6 Å². The van der Waals surface area contributed by atoms with Crippen molar-refractivity contribution in [1.29, 1.82) is 0 Å². The van der Waals surface area contributed by atoms with Crippen molar-refractivity contribution in [2.45, 2.75) is 18.1 Å². The summed E-state index contributed by atoms with van der Waals surface area (Å²) in [6, 6.07) is 14.6.